The Morgan fingerprint density at radius 2 is 1.96 bits per heavy atom. The van der Waals surface area contributed by atoms with Crippen molar-refractivity contribution >= 4 is 33.2 Å². The first kappa shape index (κ1) is 34.3. The molecule has 1 fully saturated rings. The second-order valence-corrected chi connectivity index (χ2v) is 17.2. The Labute approximate surface area is 285 Å². The number of hydrogen-bond acceptors (Lipinski definition) is 7. The molecule has 0 aromatic heterocycles. The second kappa shape index (κ2) is 13.4. The number of carbonyl (C=O) groups excluding carboxylic acids is 1. The van der Waals surface area contributed by atoms with Gasteiger partial charge in [0.2, 0.25) is 10.0 Å². The van der Waals surface area contributed by atoms with Crippen LogP contribution < -0.4 is 14.4 Å². The number of carbonyl (C=O) groups is 1. The van der Waals surface area contributed by atoms with E-state index in [0.717, 1.165) is 68.9 Å². The van der Waals surface area contributed by atoms with E-state index in [-0.39, 0.29) is 11.3 Å². The van der Waals surface area contributed by atoms with Gasteiger partial charge in [-0.3, -0.25) is 4.79 Å². The summed E-state index contributed by atoms with van der Waals surface area (Å²) >= 11 is 6.46. The molecule has 0 saturated heterocycles. The first-order chi connectivity index (χ1) is 22.4. The van der Waals surface area contributed by atoms with Gasteiger partial charge < -0.3 is 19.3 Å². The number of hydrogen-bond donors (Lipinski definition) is 1. The van der Waals surface area contributed by atoms with Crippen molar-refractivity contribution in [2.24, 2.45) is 17.8 Å². The lowest BCUT2D eigenvalue weighted by atomic mass is 9.63. The van der Waals surface area contributed by atoms with Gasteiger partial charge in [-0.05, 0) is 125 Å². The van der Waals surface area contributed by atoms with Gasteiger partial charge in [0, 0.05) is 42.7 Å². The lowest BCUT2D eigenvalue weighted by molar-refractivity contribution is -0.0823. The van der Waals surface area contributed by atoms with Crippen LogP contribution in [0.1, 0.15) is 73.9 Å². The van der Waals surface area contributed by atoms with Gasteiger partial charge >= 0.3 is 0 Å². The van der Waals surface area contributed by atoms with E-state index in [1.807, 2.05) is 32.2 Å². The summed E-state index contributed by atoms with van der Waals surface area (Å²) in [6, 6.07) is 11.6. The van der Waals surface area contributed by atoms with E-state index in [1.165, 1.54) is 11.1 Å². The molecule has 4 aliphatic rings. The number of nitrogens with zero attached hydrogens (tertiary/aromatic N) is 2. The number of aryl methyl sites for hydroxylation is 1. The molecule has 256 valence electrons. The topological polar surface area (TPSA) is 88.2 Å². The van der Waals surface area contributed by atoms with Crippen LogP contribution in [0.25, 0.3) is 0 Å². The zero-order chi connectivity index (χ0) is 33.6. The van der Waals surface area contributed by atoms with Crippen LogP contribution in [-0.2, 0) is 26.6 Å². The molecule has 1 amide bonds. The molecular weight excluding hydrogens is 634 g/mol. The number of ether oxygens (including phenoxy) is 2. The van der Waals surface area contributed by atoms with E-state index in [4.69, 9.17) is 21.1 Å². The van der Waals surface area contributed by atoms with Crippen LogP contribution in [0, 0.1) is 17.8 Å². The molecular formula is C37H50ClN3O5S. The molecule has 2 aromatic rings. The minimum absolute atomic E-state index is 0.203. The van der Waals surface area contributed by atoms with Gasteiger partial charge in [0.1, 0.15) is 5.75 Å². The van der Waals surface area contributed by atoms with E-state index < -0.39 is 26.8 Å². The number of rotatable bonds is 4. The van der Waals surface area contributed by atoms with E-state index >= 15 is 0 Å². The van der Waals surface area contributed by atoms with E-state index in [9.17, 15) is 13.2 Å². The monoisotopic (exact) mass is 683 g/mol. The molecule has 2 aliphatic heterocycles. The second-order valence-electron chi connectivity index (χ2n) is 14.7. The summed E-state index contributed by atoms with van der Waals surface area (Å²) in [4.78, 5) is 18.1. The molecule has 2 aliphatic carbocycles. The Morgan fingerprint density at radius 3 is 2.68 bits per heavy atom. The highest BCUT2D eigenvalue weighted by Gasteiger charge is 2.49. The minimum Gasteiger partial charge on any atom is -0.490 e. The summed E-state index contributed by atoms with van der Waals surface area (Å²) in [7, 11) is 2.07. The van der Waals surface area contributed by atoms with Crippen molar-refractivity contribution < 1.29 is 22.7 Å². The van der Waals surface area contributed by atoms with E-state index in [2.05, 4.69) is 52.9 Å². The predicted octanol–water partition coefficient (Wildman–Crippen LogP) is 6.22. The first-order valence-electron chi connectivity index (χ1n) is 17.1. The number of methoxy groups -OCH3 is 1. The normalized spacial score (nSPS) is 32.7. The molecule has 0 radical (unpaired) electrons. The van der Waals surface area contributed by atoms with Gasteiger partial charge in [-0.25, -0.2) is 13.1 Å². The summed E-state index contributed by atoms with van der Waals surface area (Å²) in [5, 5.41) is -0.0171. The van der Waals surface area contributed by atoms with Gasteiger partial charge in [0.05, 0.1) is 23.1 Å². The largest absolute Gasteiger partial charge is 0.490 e. The lowest BCUT2D eigenvalue weighted by Gasteiger charge is -2.51. The third-order valence-corrected chi connectivity index (χ3v) is 13.7. The Balaban J connectivity index is 1.46. The third kappa shape index (κ3) is 6.70. The Hall–Kier alpha value is -2.59. The van der Waals surface area contributed by atoms with Crippen molar-refractivity contribution in [3.8, 4) is 5.75 Å². The van der Waals surface area contributed by atoms with Gasteiger partial charge in [-0.2, -0.15) is 0 Å². The maximum Gasteiger partial charge on any atom is 0.264 e. The zero-order valence-electron chi connectivity index (χ0n) is 28.4. The fourth-order valence-electron chi connectivity index (χ4n) is 8.34. The fraction of sp³-hybridized carbons (Fsp3) is 0.595. The smallest absolute Gasteiger partial charge is 0.264 e. The number of fused-ring (bicyclic) bond motifs is 4. The first-order valence-corrected chi connectivity index (χ1v) is 19.0. The maximum atomic E-state index is 13.5. The molecule has 2 aromatic carbocycles. The molecule has 8 nitrogen and oxygen atoms in total. The lowest BCUT2D eigenvalue weighted by Crippen LogP contribution is -2.53. The molecule has 1 spiro atoms. The molecule has 2 bridgehead atoms. The van der Waals surface area contributed by atoms with Crippen molar-refractivity contribution in [1.29, 1.82) is 0 Å². The standard InChI is InChI=1S/C37H50ClN3O5S/c1-25-8-6-17-37(45-5,18-19-40(3)4)32-13-10-29(32)22-41-23-36(16-7-9-27-20-30(38)12-14-31(27)36)24-46-34-15-11-28(21-33(34)41)35(42)39-47(43,44)26(25)2/h6,11-12,14-15,17,20-21,25-26,29,32H,7-10,13,16,18-19,22-24H2,1-5H3,(H,39,42)/b17-6+/t25-,26+,29-,32+,36-,37-/m0/s1. The molecule has 6 rings (SSSR count). The van der Waals surface area contributed by atoms with Crippen LogP contribution >= 0.6 is 11.6 Å². The summed E-state index contributed by atoms with van der Waals surface area (Å²) in [5.74, 6) is 0.549. The van der Waals surface area contributed by atoms with E-state index in [0.29, 0.717) is 36.2 Å². The maximum absolute atomic E-state index is 13.5. The van der Waals surface area contributed by atoms with Crippen molar-refractivity contribution in [2.45, 2.75) is 75.1 Å². The minimum atomic E-state index is -3.93. The molecule has 1 N–H and O–H groups in total. The Bertz CT molecular complexity index is 1630. The SMILES string of the molecule is CO[C@]1(CCN(C)C)/C=C/C[C@H](C)[C@@H](C)S(=O)(=O)NC(=O)c2ccc3c(c2)N(C[C@@H]2CC[C@H]21)C[C@@]1(CCCc2cc(Cl)ccc21)CO3. The van der Waals surface area contributed by atoms with E-state index in [1.54, 1.807) is 13.0 Å². The van der Waals surface area contributed by atoms with Crippen LogP contribution in [0.2, 0.25) is 5.02 Å². The number of nitrogens with one attached hydrogen (secondary N) is 1. The van der Waals surface area contributed by atoms with Crippen molar-refractivity contribution in [2.75, 3.05) is 52.3 Å². The summed E-state index contributed by atoms with van der Waals surface area (Å²) in [6.07, 6.45) is 10.9. The molecule has 10 heteroatoms. The molecule has 1 saturated carbocycles. The third-order valence-electron chi connectivity index (χ3n) is 11.6. The summed E-state index contributed by atoms with van der Waals surface area (Å²) < 4.78 is 42.4. The molecule has 0 unspecified atom stereocenters. The number of allylic oxidation sites excluding steroid dienone is 1. The average molecular weight is 684 g/mol. The Kier molecular flexibility index (Phi) is 9.75. The highest BCUT2D eigenvalue weighted by molar-refractivity contribution is 7.90. The van der Waals surface area contributed by atoms with Crippen LogP contribution in [0.5, 0.6) is 5.75 Å². The molecule has 6 atom stereocenters. The summed E-state index contributed by atoms with van der Waals surface area (Å²) in [5.41, 5.74) is 2.97. The predicted molar refractivity (Wildman–Crippen MR) is 188 cm³/mol. The number of benzene rings is 2. The molecule has 2 heterocycles. The quantitative estimate of drug-likeness (QED) is 0.383. The number of amides is 1. The fourth-order valence-corrected chi connectivity index (χ4v) is 9.82. The van der Waals surface area contributed by atoms with Gasteiger partial charge in [-0.1, -0.05) is 36.7 Å². The van der Waals surface area contributed by atoms with Gasteiger partial charge in [-0.15, -0.1) is 0 Å². The number of sulfonamides is 1. The Morgan fingerprint density at radius 1 is 1.15 bits per heavy atom. The average Bonchev–Trinajstić information content (AvgIpc) is 3.17. The van der Waals surface area contributed by atoms with Crippen LogP contribution in [0.4, 0.5) is 5.69 Å². The zero-order valence-corrected chi connectivity index (χ0v) is 30.0. The highest BCUT2D eigenvalue weighted by atomic mass is 35.5. The van der Waals surface area contributed by atoms with Crippen molar-refractivity contribution in [3.05, 3.63) is 70.3 Å². The number of anilines is 1. The van der Waals surface area contributed by atoms with Crippen molar-refractivity contribution in [1.82, 2.24) is 9.62 Å². The van der Waals surface area contributed by atoms with Crippen LogP contribution in [-0.4, -0.2) is 77.5 Å². The molecule has 47 heavy (non-hydrogen) atoms. The highest BCUT2D eigenvalue weighted by Crippen LogP contribution is 2.50. The summed E-state index contributed by atoms with van der Waals surface area (Å²) in [6.45, 7) is 6.50. The van der Waals surface area contributed by atoms with Crippen LogP contribution in [0.15, 0.2) is 48.6 Å². The van der Waals surface area contributed by atoms with Gasteiger partial charge in [0.25, 0.3) is 5.91 Å². The number of halogens is 1. The van der Waals surface area contributed by atoms with Crippen molar-refractivity contribution in [3.63, 3.8) is 0 Å². The van der Waals surface area contributed by atoms with Gasteiger partial charge in [0.15, 0.2) is 0 Å². The van der Waals surface area contributed by atoms with Crippen LogP contribution in [0.3, 0.4) is 0 Å².